The third kappa shape index (κ3) is 3.89. The van der Waals surface area contributed by atoms with Gasteiger partial charge in [-0.05, 0) is 18.8 Å². The van der Waals surface area contributed by atoms with Gasteiger partial charge in [0.1, 0.15) is 0 Å². The van der Waals surface area contributed by atoms with Crippen LogP contribution in [0, 0.1) is 11.8 Å². The van der Waals surface area contributed by atoms with Gasteiger partial charge in [0.05, 0.1) is 18.1 Å². The Bertz CT molecular complexity index is 605. The number of nitrogens with one attached hydrogen (secondary N) is 1. The zero-order chi connectivity index (χ0) is 14.8. The Morgan fingerprint density at radius 1 is 1.45 bits per heavy atom. The molecular formula is C12H15FN2O4S. The normalized spacial score (nSPS) is 22.5. The predicted octanol–water partition coefficient (Wildman–Crippen LogP) is 2.05. The van der Waals surface area contributed by atoms with Crippen LogP contribution in [0.1, 0.15) is 26.2 Å². The quantitative estimate of drug-likeness (QED) is 0.860. The van der Waals surface area contributed by atoms with Crippen LogP contribution in [0.25, 0.3) is 0 Å². The first kappa shape index (κ1) is 14.7. The van der Waals surface area contributed by atoms with Crippen molar-refractivity contribution in [2.45, 2.75) is 26.2 Å². The fourth-order valence-corrected chi connectivity index (χ4v) is 2.74. The highest BCUT2D eigenvalue weighted by Gasteiger charge is 2.29. The molecule has 0 spiro atoms. The first-order valence-electron chi connectivity index (χ1n) is 6.25. The molecule has 1 heterocycles. The van der Waals surface area contributed by atoms with Crippen molar-refractivity contribution < 1.29 is 21.3 Å². The SMILES string of the molecule is CC1CCCC1C(=O)Nc1cncc(OS(=O)(=O)F)c1. The van der Waals surface area contributed by atoms with E-state index in [9.17, 15) is 17.1 Å². The molecular weight excluding hydrogens is 287 g/mol. The molecule has 0 radical (unpaired) electrons. The standard InChI is InChI=1S/C12H15FN2O4S/c1-8-3-2-4-11(8)12(16)15-9-5-10(7-14-6-9)19-20(13,17)18/h5-8,11H,2-4H2,1H3,(H,15,16). The summed E-state index contributed by atoms with van der Waals surface area (Å²) in [7, 11) is -5.10. The van der Waals surface area contributed by atoms with Crippen molar-refractivity contribution in [1.29, 1.82) is 0 Å². The number of amides is 1. The summed E-state index contributed by atoms with van der Waals surface area (Å²) in [5, 5.41) is 2.64. The number of pyridine rings is 1. The van der Waals surface area contributed by atoms with Crippen molar-refractivity contribution >= 4 is 22.1 Å². The van der Waals surface area contributed by atoms with Crippen LogP contribution in [-0.2, 0) is 15.3 Å². The van der Waals surface area contributed by atoms with Gasteiger partial charge in [0.15, 0.2) is 5.75 Å². The van der Waals surface area contributed by atoms with Crippen molar-refractivity contribution in [3.8, 4) is 5.75 Å². The van der Waals surface area contributed by atoms with E-state index in [1.54, 1.807) is 0 Å². The monoisotopic (exact) mass is 302 g/mol. The zero-order valence-electron chi connectivity index (χ0n) is 10.9. The van der Waals surface area contributed by atoms with Crippen LogP contribution in [0.3, 0.4) is 0 Å². The lowest BCUT2D eigenvalue weighted by molar-refractivity contribution is -0.120. The molecule has 2 atom stereocenters. The molecule has 2 rings (SSSR count). The lowest BCUT2D eigenvalue weighted by atomic mass is 9.97. The number of hydrogen-bond acceptors (Lipinski definition) is 5. The maximum absolute atomic E-state index is 12.4. The van der Waals surface area contributed by atoms with Crippen molar-refractivity contribution in [3.05, 3.63) is 18.5 Å². The maximum Gasteiger partial charge on any atom is 0.488 e. The van der Waals surface area contributed by atoms with E-state index in [4.69, 9.17) is 0 Å². The number of carbonyl (C=O) groups excluding carboxylic acids is 1. The Balaban J connectivity index is 2.06. The van der Waals surface area contributed by atoms with Gasteiger partial charge >= 0.3 is 10.5 Å². The Labute approximate surface area is 116 Å². The van der Waals surface area contributed by atoms with E-state index >= 15 is 0 Å². The smallest absolute Gasteiger partial charge is 0.357 e. The molecule has 0 aliphatic heterocycles. The summed E-state index contributed by atoms with van der Waals surface area (Å²) in [6.45, 7) is 2.02. The summed E-state index contributed by atoms with van der Waals surface area (Å²) < 4.78 is 37.2. The summed E-state index contributed by atoms with van der Waals surface area (Å²) >= 11 is 0. The van der Waals surface area contributed by atoms with E-state index in [0.29, 0.717) is 5.92 Å². The average molecular weight is 302 g/mol. The van der Waals surface area contributed by atoms with Crippen molar-refractivity contribution in [2.75, 3.05) is 5.32 Å². The van der Waals surface area contributed by atoms with E-state index in [1.165, 1.54) is 12.3 Å². The molecule has 0 aromatic carbocycles. The summed E-state index contributed by atoms with van der Waals surface area (Å²) in [6.07, 6.45) is 5.25. The van der Waals surface area contributed by atoms with Crippen molar-refractivity contribution in [2.24, 2.45) is 11.8 Å². The molecule has 1 aromatic heterocycles. The number of rotatable bonds is 4. The number of anilines is 1. The summed E-state index contributed by atoms with van der Waals surface area (Å²) in [5.41, 5.74) is 0.273. The van der Waals surface area contributed by atoms with Crippen LogP contribution in [0.15, 0.2) is 18.5 Å². The highest BCUT2D eigenvalue weighted by atomic mass is 32.3. The Hall–Kier alpha value is -1.70. The van der Waals surface area contributed by atoms with E-state index < -0.39 is 10.5 Å². The Morgan fingerprint density at radius 2 is 2.20 bits per heavy atom. The van der Waals surface area contributed by atoms with E-state index in [-0.39, 0.29) is 23.3 Å². The van der Waals surface area contributed by atoms with Crippen LogP contribution in [-0.4, -0.2) is 19.3 Å². The van der Waals surface area contributed by atoms with Gasteiger partial charge in [0.25, 0.3) is 0 Å². The first-order chi connectivity index (χ1) is 9.35. The topological polar surface area (TPSA) is 85.4 Å². The highest BCUT2D eigenvalue weighted by molar-refractivity contribution is 7.81. The molecule has 6 nitrogen and oxygen atoms in total. The molecule has 2 unspecified atom stereocenters. The molecule has 1 fully saturated rings. The summed E-state index contributed by atoms with van der Waals surface area (Å²) in [4.78, 5) is 15.7. The minimum absolute atomic E-state index is 0.0653. The Kier molecular flexibility index (Phi) is 4.22. The third-order valence-corrected chi connectivity index (χ3v) is 3.77. The second-order valence-electron chi connectivity index (χ2n) is 4.89. The van der Waals surface area contributed by atoms with Gasteiger partial charge in [-0.2, -0.15) is 8.42 Å². The molecule has 0 bridgehead atoms. The second kappa shape index (κ2) is 5.74. The molecule has 1 saturated carbocycles. The maximum atomic E-state index is 12.4. The predicted molar refractivity (Wildman–Crippen MR) is 70.0 cm³/mol. The summed E-state index contributed by atoms with van der Waals surface area (Å²) in [5.74, 6) is -0.181. The van der Waals surface area contributed by atoms with Gasteiger partial charge in [-0.1, -0.05) is 17.2 Å². The molecule has 110 valence electrons. The highest BCUT2D eigenvalue weighted by Crippen LogP contribution is 2.32. The second-order valence-corrected chi connectivity index (χ2v) is 5.84. The van der Waals surface area contributed by atoms with Crippen LogP contribution >= 0.6 is 0 Å². The lowest BCUT2D eigenvalue weighted by Crippen LogP contribution is -2.24. The number of halogens is 1. The number of aromatic nitrogens is 1. The molecule has 1 aliphatic carbocycles. The van der Waals surface area contributed by atoms with Gasteiger partial charge in [-0.25, -0.2) is 0 Å². The van der Waals surface area contributed by atoms with Crippen molar-refractivity contribution in [1.82, 2.24) is 4.98 Å². The average Bonchev–Trinajstić information content (AvgIpc) is 2.73. The van der Waals surface area contributed by atoms with Crippen LogP contribution in [0.2, 0.25) is 0 Å². The molecule has 20 heavy (non-hydrogen) atoms. The van der Waals surface area contributed by atoms with Crippen molar-refractivity contribution in [3.63, 3.8) is 0 Å². The number of hydrogen-bond donors (Lipinski definition) is 1. The first-order valence-corrected chi connectivity index (χ1v) is 7.56. The van der Waals surface area contributed by atoms with E-state index in [1.807, 2.05) is 6.92 Å². The molecule has 8 heteroatoms. The van der Waals surface area contributed by atoms with E-state index in [2.05, 4.69) is 14.5 Å². The van der Waals surface area contributed by atoms with Gasteiger partial charge < -0.3 is 9.50 Å². The van der Waals surface area contributed by atoms with Gasteiger partial charge in [-0.3, -0.25) is 9.78 Å². The largest absolute Gasteiger partial charge is 0.488 e. The zero-order valence-corrected chi connectivity index (χ0v) is 11.7. The molecule has 1 aromatic rings. The number of nitrogens with zero attached hydrogens (tertiary/aromatic N) is 1. The Morgan fingerprint density at radius 3 is 2.80 bits per heavy atom. The summed E-state index contributed by atoms with van der Waals surface area (Å²) in [6, 6.07) is 1.21. The molecule has 1 N–H and O–H groups in total. The van der Waals surface area contributed by atoms with Crippen LogP contribution in [0.5, 0.6) is 5.75 Å². The van der Waals surface area contributed by atoms with Gasteiger partial charge in [-0.15, -0.1) is 0 Å². The molecule has 0 saturated heterocycles. The fourth-order valence-electron chi connectivity index (χ4n) is 2.42. The number of carbonyl (C=O) groups is 1. The third-order valence-electron chi connectivity index (χ3n) is 3.37. The van der Waals surface area contributed by atoms with Crippen LogP contribution in [0.4, 0.5) is 9.57 Å². The lowest BCUT2D eigenvalue weighted by Gasteiger charge is -2.15. The fraction of sp³-hybridized carbons (Fsp3) is 0.500. The van der Waals surface area contributed by atoms with Gasteiger partial charge in [0, 0.05) is 12.0 Å². The molecule has 1 aliphatic rings. The minimum Gasteiger partial charge on any atom is -0.357 e. The van der Waals surface area contributed by atoms with E-state index in [0.717, 1.165) is 25.5 Å². The van der Waals surface area contributed by atoms with Crippen LogP contribution < -0.4 is 9.50 Å². The minimum atomic E-state index is -5.10. The molecule has 1 amide bonds. The van der Waals surface area contributed by atoms with Gasteiger partial charge in [0.2, 0.25) is 5.91 Å².